The number of nitrogens with zero attached hydrogens (tertiary/aromatic N) is 1. The molecule has 1 heterocycles. The number of carbonyl (C=O) groups is 2. The van der Waals surface area contributed by atoms with Crippen molar-refractivity contribution in [3.05, 3.63) is 34.9 Å². The van der Waals surface area contributed by atoms with Crippen molar-refractivity contribution in [2.24, 2.45) is 0 Å². The summed E-state index contributed by atoms with van der Waals surface area (Å²) in [5.41, 5.74) is 0.324. The van der Waals surface area contributed by atoms with Crippen LogP contribution in [0.15, 0.2) is 24.3 Å². The van der Waals surface area contributed by atoms with Gasteiger partial charge < -0.3 is 15.0 Å². The molecule has 1 aliphatic rings. The quantitative estimate of drug-likeness (QED) is 0.669. The molecule has 0 radical (unpaired) electrons. The summed E-state index contributed by atoms with van der Waals surface area (Å²) in [5.74, 6) is -0.0382. The predicted molar refractivity (Wildman–Crippen MR) is 103 cm³/mol. The Balaban J connectivity index is 1.88. The van der Waals surface area contributed by atoms with Crippen molar-refractivity contribution in [1.82, 2.24) is 10.2 Å². The van der Waals surface area contributed by atoms with Gasteiger partial charge in [0, 0.05) is 31.1 Å². The molecule has 1 aliphatic heterocycles. The molecule has 0 spiro atoms. The summed E-state index contributed by atoms with van der Waals surface area (Å²) in [7, 11) is 0. The molecule has 144 valence electrons. The average Bonchev–Trinajstić information content (AvgIpc) is 2.89. The molecular formula is C20H29ClN2O3. The number of hydrogen-bond donors (Lipinski definition) is 1. The first-order chi connectivity index (χ1) is 12.3. The second kappa shape index (κ2) is 9.38. The van der Waals surface area contributed by atoms with E-state index in [1.165, 1.54) is 0 Å². The Morgan fingerprint density at radius 1 is 1.35 bits per heavy atom. The summed E-state index contributed by atoms with van der Waals surface area (Å²) < 4.78 is 5.48. The Bertz CT molecular complexity index is 618. The summed E-state index contributed by atoms with van der Waals surface area (Å²) in [6.45, 7) is 7.54. The van der Waals surface area contributed by atoms with Gasteiger partial charge in [0.1, 0.15) is 5.54 Å². The normalized spacial score (nSPS) is 20.0. The molecular weight excluding hydrogens is 352 g/mol. The topological polar surface area (TPSA) is 58.6 Å². The minimum atomic E-state index is -0.775. The lowest BCUT2D eigenvalue weighted by molar-refractivity contribution is -0.140. The highest BCUT2D eigenvalue weighted by Crippen LogP contribution is 2.30. The van der Waals surface area contributed by atoms with Crippen LogP contribution in [0.3, 0.4) is 0 Å². The van der Waals surface area contributed by atoms with Crippen molar-refractivity contribution in [2.75, 3.05) is 19.7 Å². The minimum Gasteiger partial charge on any atom is -0.379 e. The molecule has 0 aliphatic carbocycles. The lowest BCUT2D eigenvalue weighted by Crippen LogP contribution is -2.55. The first-order valence-corrected chi connectivity index (χ1v) is 9.65. The van der Waals surface area contributed by atoms with Crippen LogP contribution in [0, 0.1) is 0 Å². The number of likely N-dealkylation sites (tertiary alicyclic amines) is 1. The molecule has 0 bridgehead atoms. The molecule has 1 aromatic carbocycles. The number of hydrogen-bond acceptors (Lipinski definition) is 3. The fraction of sp³-hybridized carbons (Fsp3) is 0.600. The van der Waals surface area contributed by atoms with Gasteiger partial charge in [-0.2, -0.15) is 0 Å². The van der Waals surface area contributed by atoms with Crippen molar-refractivity contribution in [1.29, 1.82) is 0 Å². The smallest absolute Gasteiger partial charge is 0.245 e. The summed E-state index contributed by atoms with van der Waals surface area (Å²) in [6, 6.07) is 7.59. The molecule has 26 heavy (non-hydrogen) atoms. The predicted octanol–water partition coefficient (Wildman–Crippen LogP) is 3.19. The van der Waals surface area contributed by atoms with Crippen LogP contribution < -0.4 is 5.32 Å². The number of nitrogens with one attached hydrogen (secondary N) is 1. The highest BCUT2D eigenvalue weighted by molar-refractivity contribution is 6.30. The largest absolute Gasteiger partial charge is 0.379 e. The zero-order valence-electron chi connectivity index (χ0n) is 15.9. The van der Waals surface area contributed by atoms with Crippen molar-refractivity contribution in [3.8, 4) is 0 Å². The highest BCUT2D eigenvalue weighted by atomic mass is 35.5. The SMILES string of the molecule is CC(C)OCCCNC(=O)[C@]1(C)CCC(=O)N1CCc1ccc(Cl)cc1. The summed E-state index contributed by atoms with van der Waals surface area (Å²) in [5, 5.41) is 3.66. The Hall–Kier alpha value is -1.59. The molecule has 1 atom stereocenters. The number of rotatable bonds is 9. The molecule has 0 aromatic heterocycles. The number of ether oxygens (including phenoxy) is 1. The van der Waals surface area contributed by atoms with E-state index < -0.39 is 5.54 Å². The second-order valence-electron chi connectivity index (χ2n) is 7.22. The standard InChI is InChI=1S/C20H29ClN2O3/c1-15(2)26-14-4-12-22-19(25)20(3)11-9-18(24)23(20)13-10-16-5-7-17(21)8-6-16/h5-8,15H,4,9-14H2,1-3H3,(H,22,25)/t20-/m0/s1. The molecule has 6 heteroatoms. The van der Waals surface area contributed by atoms with E-state index in [-0.39, 0.29) is 17.9 Å². The first kappa shape index (κ1) is 20.7. The molecule has 2 amide bonds. The van der Waals surface area contributed by atoms with Gasteiger partial charge in [0.05, 0.1) is 6.10 Å². The van der Waals surface area contributed by atoms with Crippen LogP contribution in [-0.2, 0) is 20.7 Å². The van der Waals surface area contributed by atoms with E-state index in [9.17, 15) is 9.59 Å². The highest BCUT2D eigenvalue weighted by Gasteiger charge is 2.46. The van der Waals surface area contributed by atoms with Crippen LogP contribution in [0.1, 0.15) is 45.6 Å². The Kier molecular flexibility index (Phi) is 7.47. The second-order valence-corrected chi connectivity index (χ2v) is 7.66. The zero-order chi connectivity index (χ0) is 19.2. The molecule has 1 saturated heterocycles. The third kappa shape index (κ3) is 5.45. The maximum absolute atomic E-state index is 12.7. The van der Waals surface area contributed by atoms with Crippen molar-refractivity contribution in [2.45, 2.75) is 58.1 Å². The van der Waals surface area contributed by atoms with Crippen LogP contribution in [0.25, 0.3) is 0 Å². The number of amides is 2. The van der Waals surface area contributed by atoms with Gasteiger partial charge in [-0.05, 0) is 57.7 Å². The van der Waals surface area contributed by atoms with Gasteiger partial charge in [-0.15, -0.1) is 0 Å². The average molecular weight is 381 g/mol. The lowest BCUT2D eigenvalue weighted by Gasteiger charge is -2.34. The first-order valence-electron chi connectivity index (χ1n) is 9.28. The summed E-state index contributed by atoms with van der Waals surface area (Å²) >= 11 is 5.91. The van der Waals surface area contributed by atoms with Crippen LogP contribution in [0.2, 0.25) is 5.02 Å². The lowest BCUT2D eigenvalue weighted by atomic mass is 9.97. The van der Waals surface area contributed by atoms with E-state index in [4.69, 9.17) is 16.3 Å². The summed E-state index contributed by atoms with van der Waals surface area (Å²) in [4.78, 5) is 26.8. The Morgan fingerprint density at radius 2 is 2.04 bits per heavy atom. The number of benzene rings is 1. The van der Waals surface area contributed by atoms with E-state index in [0.29, 0.717) is 44.0 Å². The van der Waals surface area contributed by atoms with E-state index in [1.54, 1.807) is 4.90 Å². The molecule has 0 saturated carbocycles. The fourth-order valence-electron chi connectivity index (χ4n) is 3.18. The Labute approximate surface area is 161 Å². The molecule has 5 nitrogen and oxygen atoms in total. The molecule has 1 aromatic rings. The van der Waals surface area contributed by atoms with Gasteiger partial charge in [0.2, 0.25) is 11.8 Å². The molecule has 0 unspecified atom stereocenters. The molecule has 1 fully saturated rings. The van der Waals surface area contributed by atoms with Crippen LogP contribution in [-0.4, -0.2) is 48.1 Å². The zero-order valence-corrected chi connectivity index (χ0v) is 16.6. The van der Waals surface area contributed by atoms with Gasteiger partial charge in [-0.25, -0.2) is 0 Å². The molecule has 2 rings (SSSR count). The van der Waals surface area contributed by atoms with Crippen LogP contribution in [0.5, 0.6) is 0 Å². The van der Waals surface area contributed by atoms with E-state index >= 15 is 0 Å². The Morgan fingerprint density at radius 3 is 2.69 bits per heavy atom. The fourth-order valence-corrected chi connectivity index (χ4v) is 3.30. The van der Waals surface area contributed by atoms with E-state index in [0.717, 1.165) is 12.0 Å². The van der Waals surface area contributed by atoms with Crippen LogP contribution >= 0.6 is 11.6 Å². The van der Waals surface area contributed by atoms with Gasteiger partial charge in [0.15, 0.2) is 0 Å². The van der Waals surface area contributed by atoms with Crippen molar-refractivity contribution < 1.29 is 14.3 Å². The maximum atomic E-state index is 12.7. The summed E-state index contributed by atoms with van der Waals surface area (Å²) in [6.07, 6.45) is 2.63. The van der Waals surface area contributed by atoms with Gasteiger partial charge in [-0.1, -0.05) is 23.7 Å². The van der Waals surface area contributed by atoms with Gasteiger partial charge in [-0.3, -0.25) is 9.59 Å². The third-order valence-electron chi connectivity index (χ3n) is 4.81. The number of carbonyl (C=O) groups excluding carboxylic acids is 2. The molecule has 1 N–H and O–H groups in total. The third-order valence-corrected chi connectivity index (χ3v) is 5.06. The maximum Gasteiger partial charge on any atom is 0.245 e. The monoisotopic (exact) mass is 380 g/mol. The van der Waals surface area contributed by atoms with Crippen molar-refractivity contribution in [3.63, 3.8) is 0 Å². The van der Waals surface area contributed by atoms with E-state index in [1.807, 2.05) is 45.0 Å². The van der Waals surface area contributed by atoms with Gasteiger partial charge in [0.25, 0.3) is 0 Å². The number of halogens is 1. The minimum absolute atomic E-state index is 0.0414. The van der Waals surface area contributed by atoms with Crippen molar-refractivity contribution >= 4 is 23.4 Å². The van der Waals surface area contributed by atoms with Crippen LogP contribution in [0.4, 0.5) is 0 Å². The van der Waals surface area contributed by atoms with E-state index in [2.05, 4.69) is 5.32 Å². The van der Waals surface area contributed by atoms with Gasteiger partial charge >= 0.3 is 0 Å².